The number of hydrogen-bond acceptors (Lipinski definition) is 2. The third-order valence-electron chi connectivity index (χ3n) is 1.09. The van der Waals surface area contributed by atoms with E-state index in [-0.39, 0.29) is 16.6 Å². The van der Waals surface area contributed by atoms with Crippen molar-refractivity contribution < 1.29 is 9.50 Å². The van der Waals surface area contributed by atoms with Gasteiger partial charge in [0, 0.05) is 6.07 Å². The average Bonchev–Trinajstić information content (AvgIpc) is 2.05. The standard InChI is InChI=1S/C6H5ClFNO.C2H6/c1-3-4(8)2-5(10)6(7)9-3;1-2/h2,10H,1H3;1-2H3. The maximum absolute atomic E-state index is 12.5. The molecule has 0 radical (unpaired) electrons. The van der Waals surface area contributed by atoms with Crippen LogP contribution in [-0.4, -0.2) is 10.1 Å². The summed E-state index contributed by atoms with van der Waals surface area (Å²) in [6, 6.07) is 0.935. The van der Waals surface area contributed by atoms with Crippen LogP contribution in [-0.2, 0) is 0 Å². The molecule has 2 nitrogen and oxygen atoms in total. The predicted molar refractivity (Wildman–Crippen MR) is 47.0 cm³/mol. The molecule has 68 valence electrons. The van der Waals surface area contributed by atoms with Crippen molar-refractivity contribution in [3.05, 3.63) is 22.7 Å². The number of aromatic nitrogens is 1. The summed E-state index contributed by atoms with van der Waals surface area (Å²) in [6.45, 7) is 5.47. The van der Waals surface area contributed by atoms with Gasteiger partial charge < -0.3 is 5.11 Å². The highest BCUT2D eigenvalue weighted by Crippen LogP contribution is 2.21. The molecule has 1 heterocycles. The topological polar surface area (TPSA) is 33.1 Å². The average molecular weight is 192 g/mol. The lowest BCUT2D eigenvalue weighted by atomic mass is 10.3. The number of rotatable bonds is 0. The fourth-order valence-corrected chi connectivity index (χ4v) is 0.723. The van der Waals surface area contributed by atoms with Crippen molar-refractivity contribution in [3.8, 4) is 5.75 Å². The Morgan fingerprint density at radius 2 is 2.00 bits per heavy atom. The van der Waals surface area contributed by atoms with Gasteiger partial charge >= 0.3 is 0 Å². The maximum Gasteiger partial charge on any atom is 0.171 e. The van der Waals surface area contributed by atoms with Crippen LogP contribution >= 0.6 is 11.6 Å². The second-order valence-electron chi connectivity index (χ2n) is 1.87. The zero-order chi connectivity index (χ0) is 9.72. The van der Waals surface area contributed by atoms with Gasteiger partial charge in [-0.3, -0.25) is 0 Å². The minimum absolute atomic E-state index is 0.0705. The van der Waals surface area contributed by atoms with Gasteiger partial charge in [0.25, 0.3) is 0 Å². The molecular weight excluding hydrogens is 181 g/mol. The van der Waals surface area contributed by atoms with Gasteiger partial charge in [-0.1, -0.05) is 25.4 Å². The van der Waals surface area contributed by atoms with Crippen LogP contribution in [0.2, 0.25) is 5.15 Å². The van der Waals surface area contributed by atoms with Crippen molar-refractivity contribution in [1.29, 1.82) is 0 Å². The third-order valence-corrected chi connectivity index (χ3v) is 1.36. The smallest absolute Gasteiger partial charge is 0.171 e. The van der Waals surface area contributed by atoms with E-state index in [9.17, 15) is 4.39 Å². The molecule has 0 saturated carbocycles. The van der Waals surface area contributed by atoms with Crippen molar-refractivity contribution >= 4 is 11.6 Å². The monoisotopic (exact) mass is 191 g/mol. The first-order chi connectivity index (χ1) is 5.61. The predicted octanol–water partition coefficient (Wildman–Crippen LogP) is 2.91. The molecule has 0 spiro atoms. The summed E-state index contributed by atoms with van der Waals surface area (Å²) in [5.74, 6) is -0.883. The Kier molecular flexibility index (Phi) is 4.59. The lowest BCUT2D eigenvalue weighted by Gasteiger charge is -1.97. The van der Waals surface area contributed by atoms with Crippen LogP contribution in [0, 0.1) is 12.7 Å². The van der Waals surface area contributed by atoms with Crippen LogP contribution in [0.4, 0.5) is 4.39 Å². The molecular formula is C8H11ClFNO. The highest BCUT2D eigenvalue weighted by Gasteiger charge is 2.04. The molecule has 0 bridgehead atoms. The second kappa shape index (κ2) is 4.93. The molecule has 0 aliphatic carbocycles. The van der Waals surface area contributed by atoms with E-state index in [1.54, 1.807) is 0 Å². The summed E-state index contributed by atoms with van der Waals surface area (Å²) in [5.41, 5.74) is 0.183. The SMILES string of the molecule is CC.Cc1nc(Cl)c(O)cc1F. The van der Waals surface area contributed by atoms with Gasteiger partial charge in [-0.15, -0.1) is 0 Å². The molecule has 1 aromatic rings. The van der Waals surface area contributed by atoms with Crippen molar-refractivity contribution in [1.82, 2.24) is 4.98 Å². The lowest BCUT2D eigenvalue weighted by Crippen LogP contribution is -1.87. The Morgan fingerprint density at radius 3 is 2.42 bits per heavy atom. The molecule has 0 saturated heterocycles. The van der Waals surface area contributed by atoms with E-state index in [2.05, 4.69) is 4.98 Å². The van der Waals surface area contributed by atoms with Gasteiger partial charge in [0.15, 0.2) is 10.9 Å². The summed E-state index contributed by atoms with van der Waals surface area (Å²) in [4.78, 5) is 3.51. The Bertz CT molecular complexity index is 215. The van der Waals surface area contributed by atoms with Crippen molar-refractivity contribution in [2.45, 2.75) is 20.8 Å². The molecule has 12 heavy (non-hydrogen) atoms. The number of hydrogen-bond donors (Lipinski definition) is 1. The molecule has 0 atom stereocenters. The Labute approximate surface area is 76.0 Å². The van der Waals surface area contributed by atoms with E-state index in [0.717, 1.165) is 6.07 Å². The van der Waals surface area contributed by atoms with E-state index >= 15 is 0 Å². The molecule has 0 unspecified atom stereocenters. The summed E-state index contributed by atoms with van der Waals surface area (Å²) in [7, 11) is 0. The zero-order valence-electron chi connectivity index (χ0n) is 7.23. The first-order valence-electron chi connectivity index (χ1n) is 3.63. The second-order valence-corrected chi connectivity index (χ2v) is 2.22. The molecule has 4 heteroatoms. The van der Waals surface area contributed by atoms with Gasteiger partial charge in [0.05, 0.1) is 5.69 Å². The maximum atomic E-state index is 12.5. The largest absolute Gasteiger partial charge is 0.505 e. The minimum atomic E-state index is -0.554. The first-order valence-corrected chi connectivity index (χ1v) is 4.00. The van der Waals surface area contributed by atoms with Gasteiger partial charge in [-0.05, 0) is 6.92 Å². The molecule has 1 rings (SSSR count). The van der Waals surface area contributed by atoms with E-state index < -0.39 is 5.82 Å². The van der Waals surface area contributed by atoms with Crippen LogP contribution in [0.25, 0.3) is 0 Å². The van der Waals surface area contributed by atoms with Crippen LogP contribution in [0.15, 0.2) is 6.07 Å². The van der Waals surface area contributed by atoms with Crippen molar-refractivity contribution in [3.63, 3.8) is 0 Å². The van der Waals surface area contributed by atoms with Gasteiger partial charge in [0.2, 0.25) is 0 Å². The first kappa shape index (κ1) is 11.2. The zero-order valence-corrected chi connectivity index (χ0v) is 7.98. The Hall–Kier alpha value is -0.830. The van der Waals surface area contributed by atoms with E-state index in [4.69, 9.17) is 16.7 Å². The third kappa shape index (κ3) is 2.66. The van der Waals surface area contributed by atoms with Crippen LogP contribution < -0.4 is 0 Å². The van der Waals surface area contributed by atoms with E-state index in [1.165, 1.54) is 6.92 Å². The molecule has 0 amide bonds. The van der Waals surface area contributed by atoms with Gasteiger partial charge in [-0.2, -0.15) is 0 Å². The normalized spacial score (nSPS) is 8.75. The van der Waals surface area contributed by atoms with Crippen LogP contribution in [0.3, 0.4) is 0 Å². The van der Waals surface area contributed by atoms with Gasteiger partial charge in [0.1, 0.15) is 5.82 Å². The number of aryl methyl sites for hydroxylation is 1. The summed E-state index contributed by atoms with van der Waals surface area (Å²) in [6.07, 6.45) is 0. The number of aromatic hydroxyl groups is 1. The Morgan fingerprint density at radius 1 is 1.50 bits per heavy atom. The quantitative estimate of drug-likeness (QED) is 0.640. The molecule has 1 aromatic heterocycles. The molecule has 0 aromatic carbocycles. The van der Waals surface area contributed by atoms with Crippen LogP contribution in [0.5, 0.6) is 5.75 Å². The van der Waals surface area contributed by atoms with Gasteiger partial charge in [-0.25, -0.2) is 9.37 Å². The van der Waals surface area contributed by atoms with Crippen molar-refractivity contribution in [2.24, 2.45) is 0 Å². The fourth-order valence-electron chi connectivity index (χ4n) is 0.542. The highest BCUT2D eigenvalue weighted by molar-refractivity contribution is 6.30. The van der Waals surface area contributed by atoms with Crippen molar-refractivity contribution in [2.75, 3.05) is 0 Å². The number of pyridine rings is 1. The van der Waals surface area contributed by atoms with E-state index in [1.807, 2.05) is 13.8 Å². The summed E-state index contributed by atoms with van der Waals surface area (Å²) >= 11 is 5.36. The Balaban J connectivity index is 0.000000561. The molecule has 0 fully saturated rings. The highest BCUT2D eigenvalue weighted by atomic mass is 35.5. The summed E-state index contributed by atoms with van der Waals surface area (Å²) in [5, 5.41) is 8.72. The number of nitrogens with zero attached hydrogens (tertiary/aromatic N) is 1. The van der Waals surface area contributed by atoms with E-state index in [0.29, 0.717) is 0 Å². The fraction of sp³-hybridized carbons (Fsp3) is 0.375. The number of halogens is 2. The molecule has 1 N–H and O–H groups in total. The minimum Gasteiger partial charge on any atom is -0.505 e. The summed E-state index contributed by atoms with van der Waals surface area (Å²) < 4.78 is 12.5. The lowest BCUT2D eigenvalue weighted by molar-refractivity contribution is 0.464. The molecule has 0 aliphatic heterocycles. The van der Waals surface area contributed by atoms with Crippen LogP contribution in [0.1, 0.15) is 19.5 Å². The molecule has 0 aliphatic rings.